The highest BCUT2D eigenvalue weighted by atomic mass is 19.1. The second kappa shape index (κ2) is 9.16. The molecule has 0 N–H and O–H groups in total. The average molecular weight is 382 g/mol. The Morgan fingerprint density at radius 1 is 0.786 bits per heavy atom. The fraction of sp³-hybridized carbons (Fsp3) is 0.333. The molecule has 1 unspecified atom stereocenters. The molecule has 1 atom stereocenters. The lowest BCUT2D eigenvalue weighted by atomic mass is 10.0. The third-order valence-corrected chi connectivity index (χ3v) is 5.39. The quantitative estimate of drug-likeness (QED) is 0.474. The van der Waals surface area contributed by atoms with Gasteiger partial charge in [-0.3, -0.25) is 4.90 Å². The van der Waals surface area contributed by atoms with Gasteiger partial charge in [0, 0.05) is 37.6 Å². The van der Waals surface area contributed by atoms with Crippen LogP contribution in [0.1, 0.15) is 37.6 Å². The molecule has 28 heavy (non-hydrogen) atoms. The van der Waals surface area contributed by atoms with Crippen LogP contribution in [-0.2, 0) is 19.6 Å². The van der Waals surface area contributed by atoms with Gasteiger partial charge in [-0.25, -0.2) is 8.78 Å². The van der Waals surface area contributed by atoms with Gasteiger partial charge in [-0.05, 0) is 60.4 Å². The maximum Gasteiger partial charge on any atom is 0.123 e. The van der Waals surface area contributed by atoms with Crippen LogP contribution in [-0.4, -0.2) is 15.5 Å². The van der Waals surface area contributed by atoms with Crippen LogP contribution in [0.3, 0.4) is 0 Å². The summed E-state index contributed by atoms with van der Waals surface area (Å²) in [6.45, 7) is 8.95. The van der Waals surface area contributed by atoms with Gasteiger partial charge in [0.15, 0.2) is 0 Å². The van der Waals surface area contributed by atoms with Crippen molar-refractivity contribution in [3.8, 4) is 0 Å². The van der Waals surface area contributed by atoms with E-state index in [2.05, 4.69) is 48.6 Å². The molecule has 2 aromatic carbocycles. The Kier molecular flexibility index (Phi) is 6.63. The SMILES string of the molecule is CC(C)C(C)N(Cc1ccc(F)cc1)Cc1cccn1Cc1ccc(F)cc1. The first-order valence-corrected chi connectivity index (χ1v) is 9.79. The van der Waals surface area contributed by atoms with Crippen molar-refractivity contribution < 1.29 is 8.78 Å². The molecular weight excluding hydrogens is 354 g/mol. The van der Waals surface area contributed by atoms with Gasteiger partial charge in [0.25, 0.3) is 0 Å². The number of hydrogen-bond acceptors (Lipinski definition) is 1. The molecule has 0 spiro atoms. The maximum atomic E-state index is 13.3. The van der Waals surface area contributed by atoms with E-state index in [4.69, 9.17) is 0 Å². The van der Waals surface area contributed by atoms with Crippen LogP contribution >= 0.6 is 0 Å². The largest absolute Gasteiger partial charge is 0.346 e. The van der Waals surface area contributed by atoms with Gasteiger partial charge in [-0.1, -0.05) is 38.1 Å². The molecule has 3 rings (SSSR count). The number of rotatable bonds is 8. The van der Waals surface area contributed by atoms with Gasteiger partial charge in [0.1, 0.15) is 11.6 Å². The summed E-state index contributed by atoms with van der Waals surface area (Å²) >= 11 is 0. The predicted molar refractivity (Wildman–Crippen MR) is 110 cm³/mol. The zero-order valence-corrected chi connectivity index (χ0v) is 16.8. The zero-order valence-electron chi connectivity index (χ0n) is 16.8. The third kappa shape index (κ3) is 5.29. The van der Waals surface area contributed by atoms with Crippen molar-refractivity contribution in [2.75, 3.05) is 0 Å². The number of halogens is 2. The van der Waals surface area contributed by atoms with Gasteiger partial charge < -0.3 is 4.57 Å². The molecule has 1 heterocycles. The van der Waals surface area contributed by atoms with Crippen LogP contribution in [0, 0.1) is 17.6 Å². The summed E-state index contributed by atoms with van der Waals surface area (Å²) in [4.78, 5) is 2.42. The Bertz CT molecular complexity index is 866. The number of hydrogen-bond donors (Lipinski definition) is 0. The number of nitrogens with zero attached hydrogens (tertiary/aromatic N) is 2. The fourth-order valence-electron chi connectivity index (χ4n) is 3.33. The molecule has 0 aliphatic carbocycles. The molecule has 3 aromatic rings. The topological polar surface area (TPSA) is 8.17 Å². The van der Waals surface area contributed by atoms with Crippen molar-refractivity contribution in [2.45, 2.75) is 46.4 Å². The van der Waals surface area contributed by atoms with Gasteiger partial charge in [-0.15, -0.1) is 0 Å². The van der Waals surface area contributed by atoms with Crippen molar-refractivity contribution in [3.63, 3.8) is 0 Å². The van der Waals surface area contributed by atoms with Crippen molar-refractivity contribution in [2.24, 2.45) is 5.92 Å². The maximum absolute atomic E-state index is 13.3. The summed E-state index contributed by atoms with van der Waals surface area (Å²) in [7, 11) is 0. The Balaban J connectivity index is 1.78. The normalized spacial score (nSPS) is 12.7. The van der Waals surface area contributed by atoms with Crippen LogP contribution in [0.2, 0.25) is 0 Å². The van der Waals surface area contributed by atoms with Crippen LogP contribution in [0.15, 0.2) is 66.9 Å². The molecule has 0 saturated heterocycles. The molecule has 0 fully saturated rings. The van der Waals surface area contributed by atoms with E-state index in [9.17, 15) is 8.78 Å². The third-order valence-electron chi connectivity index (χ3n) is 5.39. The van der Waals surface area contributed by atoms with E-state index in [1.165, 1.54) is 30.0 Å². The zero-order chi connectivity index (χ0) is 20.1. The van der Waals surface area contributed by atoms with E-state index < -0.39 is 0 Å². The van der Waals surface area contributed by atoms with Crippen molar-refractivity contribution in [1.82, 2.24) is 9.47 Å². The molecule has 0 aliphatic heterocycles. The molecule has 1 aromatic heterocycles. The Hall–Kier alpha value is -2.46. The minimum absolute atomic E-state index is 0.208. The Labute approximate surface area is 166 Å². The monoisotopic (exact) mass is 382 g/mol. The number of aromatic nitrogens is 1. The molecular formula is C24H28F2N2. The van der Waals surface area contributed by atoms with Gasteiger partial charge in [-0.2, -0.15) is 0 Å². The fourth-order valence-corrected chi connectivity index (χ4v) is 3.33. The summed E-state index contributed by atoms with van der Waals surface area (Å²) in [5.74, 6) is 0.0778. The van der Waals surface area contributed by atoms with E-state index in [1.54, 1.807) is 0 Å². The highest BCUT2D eigenvalue weighted by Gasteiger charge is 2.19. The predicted octanol–water partition coefficient (Wildman–Crippen LogP) is 5.86. The molecule has 0 amide bonds. The van der Waals surface area contributed by atoms with Crippen molar-refractivity contribution in [1.29, 1.82) is 0 Å². The van der Waals surface area contributed by atoms with Crippen LogP contribution in [0.25, 0.3) is 0 Å². The van der Waals surface area contributed by atoms with Gasteiger partial charge in [0.2, 0.25) is 0 Å². The molecule has 0 aliphatic rings. The minimum Gasteiger partial charge on any atom is -0.346 e. The van der Waals surface area contributed by atoms with Crippen LogP contribution < -0.4 is 0 Å². The van der Waals surface area contributed by atoms with Gasteiger partial charge >= 0.3 is 0 Å². The highest BCUT2D eigenvalue weighted by Crippen LogP contribution is 2.19. The van der Waals surface area contributed by atoms with Crippen molar-refractivity contribution in [3.05, 3.63) is 95.3 Å². The first-order chi connectivity index (χ1) is 13.4. The average Bonchev–Trinajstić information content (AvgIpc) is 3.11. The van der Waals surface area contributed by atoms with E-state index in [1.807, 2.05) is 24.3 Å². The first-order valence-electron chi connectivity index (χ1n) is 9.79. The minimum atomic E-state index is -0.215. The summed E-state index contributed by atoms with van der Waals surface area (Å²) in [6.07, 6.45) is 2.06. The standard InChI is InChI=1S/C24H28F2N2/c1-18(2)19(3)28(16-21-8-12-23(26)13-9-21)17-24-5-4-14-27(24)15-20-6-10-22(25)11-7-20/h4-14,18-19H,15-17H2,1-3H3. The molecule has 4 heteroatoms. The second-order valence-electron chi connectivity index (χ2n) is 7.77. The summed E-state index contributed by atoms with van der Waals surface area (Å²) in [5.41, 5.74) is 3.38. The van der Waals surface area contributed by atoms with E-state index in [0.717, 1.165) is 24.2 Å². The molecule has 0 bridgehead atoms. The van der Waals surface area contributed by atoms with E-state index in [0.29, 0.717) is 18.5 Å². The van der Waals surface area contributed by atoms with Crippen LogP contribution in [0.4, 0.5) is 8.78 Å². The van der Waals surface area contributed by atoms with Crippen molar-refractivity contribution >= 4 is 0 Å². The first kappa shape index (κ1) is 20.3. The summed E-state index contributed by atoms with van der Waals surface area (Å²) in [5, 5.41) is 0. The smallest absolute Gasteiger partial charge is 0.123 e. The molecule has 0 saturated carbocycles. The molecule has 148 valence electrons. The Morgan fingerprint density at radius 2 is 1.36 bits per heavy atom. The van der Waals surface area contributed by atoms with E-state index >= 15 is 0 Å². The Morgan fingerprint density at radius 3 is 1.93 bits per heavy atom. The highest BCUT2D eigenvalue weighted by molar-refractivity contribution is 5.19. The molecule has 0 radical (unpaired) electrons. The lowest BCUT2D eigenvalue weighted by molar-refractivity contribution is 0.148. The van der Waals surface area contributed by atoms with E-state index in [-0.39, 0.29) is 11.6 Å². The lowest BCUT2D eigenvalue weighted by Gasteiger charge is -2.32. The summed E-state index contributed by atoms with van der Waals surface area (Å²) < 4.78 is 28.6. The lowest BCUT2D eigenvalue weighted by Crippen LogP contribution is -2.36. The summed E-state index contributed by atoms with van der Waals surface area (Å²) in [6, 6.07) is 18.0. The van der Waals surface area contributed by atoms with Gasteiger partial charge in [0.05, 0.1) is 0 Å². The molecule has 2 nitrogen and oxygen atoms in total. The van der Waals surface area contributed by atoms with Crippen LogP contribution in [0.5, 0.6) is 0 Å². The second-order valence-corrected chi connectivity index (χ2v) is 7.77. The number of benzene rings is 2.